The summed E-state index contributed by atoms with van der Waals surface area (Å²) in [5.41, 5.74) is 4.98. The molecule has 1 atom stereocenters. The fourth-order valence-corrected chi connectivity index (χ4v) is 5.26. The molecule has 4 heterocycles. The van der Waals surface area contributed by atoms with Crippen LogP contribution in [0.25, 0.3) is 22.3 Å². The third-order valence-corrected chi connectivity index (χ3v) is 7.24. The molecule has 1 fully saturated rings. The number of carbonyl (C=O) groups excluding carboxylic acids is 3. The van der Waals surface area contributed by atoms with Crippen LogP contribution in [0.3, 0.4) is 0 Å². The molecule has 2 N–H and O–H groups in total. The van der Waals surface area contributed by atoms with Crippen molar-refractivity contribution in [3.63, 3.8) is 0 Å². The van der Waals surface area contributed by atoms with Gasteiger partial charge in [-0.05, 0) is 54.7 Å². The lowest BCUT2D eigenvalue weighted by Gasteiger charge is -2.28. The van der Waals surface area contributed by atoms with E-state index in [1.54, 1.807) is 6.07 Å². The number of pyridine rings is 1. The maximum absolute atomic E-state index is 13.6. The van der Waals surface area contributed by atoms with E-state index in [1.807, 2.05) is 24.4 Å². The van der Waals surface area contributed by atoms with Gasteiger partial charge in [-0.3, -0.25) is 14.5 Å². The first-order valence-electron chi connectivity index (χ1n) is 12.4. The van der Waals surface area contributed by atoms with Crippen LogP contribution < -0.4 is 5.32 Å². The molecule has 9 heteroatoms. The number of aromatic nitrogens is 2. The lowest BCUT2D eigenvalue weighted by molar-refractivity contribution is -0.125. The van der Waals surface area contributed by atoms with Crippen molar-refractivity contribution in [2.45, 2.75) is 51.0 Å². The minimum atomic E-state index is -0.711. The van der Waals surface area contributed by atoms with Crippen LogP contribution in [-0.2, 0) is 22.7 Å². The molecule has 1 unspecified atom stereocenters. The second kappa shape index (κ2) is 10.2. The number of hydrogen-bond acceptors (Lipinski definition) is 5. The lowest BCUT2D eigenvalue weighted by Crippen LogP contribution is -2.46. The quantitative estimate of drug-likeness (QED) is 0.472. The Morgan fingerprint density at radius 3 is 2.83 bits per heavy atom. The maximum atomic E-state index is 13.6. The number of nitrogens with one attached hydrogen (secondary N) is 2. The third kappa shape index (κ3) is 4.63. The number of hydrogen-bond donors (Lipinski definition) is 2. The van der Waals surface area contributed by atoms with Crippen molar-refractivity contribution in [3.8, 4) is 11.3 Å². The lowest BCUT2D eigenvalue weighted by atomic mass is 10.0. The molecule has 3 aromatic rings. The van der Waals surface area contributed by atoms with Crippen LogP contribution in [0.2, 0.25) is 0 Å². The number of fused-ring (bicyclic) bond motifs is 2. The first-order chi connectivity index (χ1) is 17.5. The maximum Gasteiger partial charge on any atom is 0.255 e. The van der Waals surface area contributed by atoms with E-state index in [1.165, 1.54) is 11.9 Å². The summed E-state index contributed by atoms with van der Waals surface area (Å²) in [6.07, 6.45) is 3.54. The highest BCUT2D eigenvalue weighted by Gasteiger charge is 2.36. The zero-order valence-electron chi connectivity index (χ0n) is 20.3. The van der Waals surface area contributed by atoms with Crippen molar-refractivity contribution >= 4 is 29.1 Å². The number of benzene rings is 1. The molecule has 0 radical (unpaired) electrons. The van der Waals surface area contributed by atoms with Crippen LogP contribution in [0.5, 0.6) is 0 Å². The molecule has 2 aliphatic heterocycles. The Labute approximate surface area is 208 Å². The van der Waals surface area contributed by atoms with Crippen molar-refractivity contribution in [1.29, 1.82) is 0 Å². The predicted molar refractivity (Wildman–Crippen MR) is 134 cm³/mol. The van der Waals surface area contributed by atoms with E-state index >= 15 is 0 Å². The number of aromatic amines is 1. The summed E-state index contributed by atoms with van der Waals surface area (Å²) in [6.45, 7) is 2.49. The summed E-state index contributed by atoms with van der Waals surface area (Å²) in [5, 5.41) is 3.65. The number of likely N-dealkylation sites (tertiary alicyclic amines) is 1. The van der Waals surface area contributed by atoms with Gasteiger partial charge in [-0.2, -0.15) is 0 Å². The minimum Gasteiger partial charge on any atom is -0.357 e. The van der Waals surface area contributed by atoms with E-state index in [4.69, 9.17) is 4.98 Å². The Hall–Kier alpha value is -3.59. The molecule has 2 aromatic heterocycles. The summed E-state index contributed by atoms with van der Waals surface area (Å²) < 4.78 is 13.6. The Morgan fingerprint density at radius 2 is 2.08 bits per heavy atom. The van der Waals surface area contributed by atoms with Crippen LogP contribution in [0.15, 0.2) is 36.5 Å². The molecular weight excluding hydrogens is 461 g/mol. The highest BCUT2D eigenvalue weighted by atomic mass is 19.1. The number of nitrogens with zero attached hydrogens (tertiary/aromatic N) is 3. The smallest absolute Gasteiger partial charge is 0.255 e. The molecule has 5 rings (SSSR count). The first-order valence-corrected chi connectivity index (χ1v) is 12.4. The summed E-state index contributed by atoms with van der Waals surface area (Å²) in [4.78, 5) is 48.3. The average molecular weight is 492 g/mol. The van der Waals surface area contributed by atoms with Crippen LogP contribution >= 0.6 is 0 Å². The van der Waals surface area contributed by atoms with Crippen LogP contribution in [0, 0.1) is 0 Å². The molecule has 0 aliphatic carbocycles. The van der Waals surface area contributed by atoms with Crippen LogP contribution in [0.1, 0.15) is 47.2 Å². The molecule has 0 saturated carbocycles. The number of carbonyl (C=O) groups is 3. The van der Waals surface area contributed by atoms with E-state index < -0.39 is 12.2 Å². The van der Waals surface area contributed by atoms with Gasteiger partial charge in [0, 0.05) is 62.4 Å². The molecule has 36 heavy (non-hydrogen) atoms. The van der Waals surface area contributed by atoms with E-state index in [2.05, 4.69) is 21.3 Å². The molecule has 1 aromatic carbocycles. The van der Waals surface area contributed by atoms with Crippen molar-refractivity contribution in [3.05, 3.63) is 53.2 Å². The largest absolute Gasteiger partial charge is 0.357 e. The third-order valence-electron chi connectivity index (χ3n) is 7.24. The second-order valence-electron chi connectivity index (χ2n) is 9.54. The Bertz CT molecular complexity index is 1300. The van der Waals surface area contributed by atoms with Gasteiger partial charge in [-0.15, -0.1) is 0 Å². The van der Waals surface area contributed by atoms with Gasteiger partial charge in [0.15, 0.2) is 0 Å². The zero-order valence-corrected chi connectivity index (χ0v) is 20.3. The van der Waals surface area contributed by atoms with E-state index in [-0.39, 0.29) is 24.7 Å². The molecule has 8 nitrogen and oxygen atoms in total. The van der Waals surface area contributed by atoms with Gasteiger partial charge < -0.3 is 20.0 Å². The Balaban J connectivity index is 1.43. The zero-order chi connectivity index (χ0) is 25.2. The normalized spacial score (nSPS) is 17.4. The SMILES string of the molecule is CNC(=O)C(CCC=O)N1Cc2cc(-c3cc(CN4CCC(F)CC4)c4cc[nH]c4n3)ccc2C1=O. The number of rotatable bonds is 8. The van der Waals surface area contributed by atoms with Gasteiger partial charge in [0.2, 0.25) is 5.91 Å². The van der Waals surface area contributed by atoms with Crippen LogP contribution in [0.4, 0.5) is 4.39 Å². The first kappa shape index (κ1) is 24.1. The molecule has 0 bridgehead atoms. The summed E-state index contributed by atoms with van der Waals surface area (Å²) in [5.74, 6) is -0.487. The van der Waals surface area contributed by atoms with Gasteiger partial charge in [-0.1, -0.05) is 6.07 Å². The molecule has 2 amide bonds. The van der Waals surface area contributed by atoms with Crippen molar-refractivity contribution in [1.82, 2.24) is 25.1 Å². The number of alkyl halides is 1. The second-order valence-corrected chi connectivity index (χ2v) is 9.54. The van der Waals surface area contributed by atoms with Crippen molar-refractivity contribution in [2.24, 2.45) is 0 Å². The Kier molecular flexibility index (Phi) is 6.82. The molecular formula is C27H30FN5O3. The highest BCUT2D eigenvalue weighted by Crippen LogP contribution is 2.32. The van der Waals surface area contributed by atoms with Gasteiger partial charge in [0.25, 0.3) is 5.91 Å². The van der Waals surface area contributed by atoms with E-state index in [0.717, 1.165) is 59.3 Å². The number of halogens is 1. The molecule has 188 valence electrons. The number of aldehydes is 1. The fourth-order valence-electron chi connectivity index (χ4n) is 5.26. The van der Waals surface area contributed by atoms with E-state index in [0.29, 0.717) is 24.9 Å². The monoisotopic (exact) mass is 491 g/mol. The fraction of sp³-hybridized carbons (Fsp3) is 0.407. The topological polar surface area (TPSA) is 98.4 Å². The van der Waals surface area contributed by atoms with Crippen molar-refractivity contribution in [2.75, 3.05) is 20.1 Å². The standard InChI is InChI=1S/C27H30FN5O3/c1-29-26(35)24(3-2-12-34)33-16-18-13-17(4-5-22(18)27(33)36)23-14-19(21-6-9-30-25(21)31-23)15-32-10-7-20(28)8-11-32/h4-6,9,12-14,20,24H,2-3,7-8,10-11,15-16H2,1H3,(H,29,35)(H,30,31). The molecule has 0 spiro atoms. The highest BCUT2D eigenvalue weighted by molar-refractivity contribution is 6.01. The van der Waals surface area contributed by atoms with Gasteiger partial charge in [-0.25, -0.2) is 9.37 Å². The average Bonchev–Trinajstić information content (AvgIpc) is 3.50. The Morgan fingerprint density at radius 1 is 1.28 bits per heavy atom. The number of likely N-dealkylation sites (N-methyl/N-ethyl adjacent to an activating group) is 1. The minimum absolute atomic E-state index is 0.204. The number of amides is 2. The molecule has 1 saturated heterocycles. The summed E-state index contributed by atoms with van der Waals surface area (Å²) in [7, 11) is 1.53. The molecule has 2 aliphatic rings. The van der Waals surface area contributed by atoms with Gasteiger partial charge >= 0.3 is 0 Å². The number of piperidine rings is 1. The summed E-state index contributed by atoms with van der Waals surface area (Å²) in [6, 6.07) is 9.03. The predicted octanol–water partition coefficient (Wildman–Crippen LogP) is 3.21. The van der Waals surface area contributed by atoms with E-state index in [9.17, 15) is 18.8 Å². The summed E-state index contributed by atoms with van der Waals surface area (Å²) >= 11 is 0. The van der Waals surface area contributed by atoms with Gasteiger partial charge in [0.1, 0.15) is 24.1 Å². The van der Waals surface area contributed by atoms with Gasteiger partial charge in [0.05, 0.1) is 5.69 Å². The van der Waals surface area contributed by atoms with Crippen LogP contribution in [-0.4, -0.2) is 70.2 Å². The van der Waals surface area contributed by atoms with Crippen molar-refractivity contribution < 1.29 is 18.8 Å². The number of H-pyrrole nitrogens is 1.